The van der Waals surface area contributed by atoms with Crippen LogP contribution in [-0.2, 0) is 0 Å². The van der Waals surface area contributed by atoms with Crippen LogP contribution in [0.2, 0.25) is 0 Å². The molecule has 8 heteroatoms. The van der Waals surface area contributed by atoms with E-state index < -0.39 is 0 Å². The Morgan fingerprint density at radius 1 is 1.04 bits per heavy atom. The van der Waals surface area contributed by atoms with Gasteiger partial charge in [-0.2, -0.15) is 0 Å². The van der Waals surface area contributed by atoms with E-state index in [2.05, 4.69) is 30.6 Å². The molecule has 1 aliphatic heterocycles. The molecule has 0 aromatic carbocycles. The van der Waals surface area contributed by atoms with Gasteiger partial charge in [0.05, 0.1) is 19.6 Å². The molecule has 0 aromatic heterocycles. The summed E-state index contributed by atoms with van der Waals surface area (Å²) in [6, 6.07) is 0. The van der Waals surface area contributed by atoms with Crippen LogP contribution in [-0.4, -0.2) is 77.2 Å². The van der Waals surface area contributed by atoms with Gasteiger partial charge in [-0.3, -0.25) is 20.0 Å². The summed E-state index contributed by atoms with van der Waals surface area (Å²) in [5, 5.41) is 6.46. The summed E-state index contributed by atoms with van der Waals surface area (Å²) < 4.78 is 0. The highest BCUT2D eigenvalue weighted by Crippen LogP contribution is 1.90. The minimum Gasteiger partial charge on any atom is -0.390 e. The van der Waals surface area contributed by atoms with Crippen molar-refractivity contribution in [1.29, 1.82) is 0 Å². The SMILES string of the molecule is NCCCN=C/C1=C/NCCN=C/C(=C/NCCCN)C=NCCN=C1. The summed E-state index contributed by atoms with van der Waals surface area (Å²) in [6.45, 7) is 5.53. The average Bonchev–Trinajstić information content (AvgIpc) is 2.65. The molecule has 0 fully saturated rings. The summed E-state index contributed by atoms with van der Waals surface area (Å²) in [7, 11) is 0. The lowest BCUT2D eigenvalue weighted by atomic mass is 10.3. The highest BCUT2D eigenvalue weighted by atomic mass is 14.9. The number of aliphatic imine (C=N–C) groups is 4. The summed E-state index contributed by atoms with van der Waals surface area (Å²) in [6.07, 6.45) is 12.9. The molecule has 0 saturated carbocycles. The molecule has 0 unspecified atom stereocenters. The van der Waals surface area contributed by atoms with E-state index in [4.69, 9.17) is 11.5 Å². The van der Waals surface area contributed by atoms with Gasteiger partial charge in [-0.05, 0) is 25.9 Å². The zero-order valence-corrected chi connectivity index (χ0v) is 15.5. The van der Waals surface area contributed by atoms with Crippen molar-refractivity contribution in [2.24, 2.45) is 31.4 Å². The first-order chi connectivity index (χ1) is 12.9. The van der Waals surface area contributed by atoms with Gasteiger partial charge >= 0.3 is 0 Å². The van der Waals surface area contributed by atoms with Crippen LogP contribution in [0.4, 0.5) is 0 Å². The Bertz CT molecular complexity index is 523. The van der Waals surface area contributed by atoms with Crippen LogP contribution in [0.15, 0.2) is 43.5 Å². The van der Waals surface area contributed by atoms with Crippen LogP contribution >= 0.6 is 0 Å². The lowest BCUT2D eigenvalue weighted by Gasteiger charge is -2.02. The Hall–Kier alpha value is -2.32. The number of nitrogens with one attached hydrogen (secondary N) is 2. The molecule has 144 valence electrons. The van der Waals surface area contributed by atoms with E-state index in [-0.39, 0.29) is 0 Å². The molecule has 0 aromatic rings. The van der Waals surface area contributed by atoms with Gasteiger partial charge in [-0.15, -0.1) is 0 Å². The van der Waals surface area contributed by atoms with E-state index in [0.29, 0.717) is 32.7 Å². The van der Waals surface area contributed by atoms with Crippen LogP contribution in [0.25, 0.3) is 0 Å². The van der Waals surface area contributed by atoms with Crippen molar-refractivity contribution in [1.82, 2.24) is 10.6 Å². The molecule has 26 heavy (non-hydrogen) atoms. The summed E-state index contributed by atoms with van der Waals surface area (Å²) in [5.74, 6) is 0. The molecule has 6 N–H and O–H groups in total. The van der Waals surface area contributed by atoms with Crippen molar-refractivity contribution in [2.45, 2.75) is 12.8 Å². The van der Waals surface area contributed by atoms with Crippen LogP contribution < -0.4 is 22.1 Å². The van der Waals surface area contributed by atoms with Gasteiger partial charge in [-0.25, -0.2) is 0 Å². The summed E-state index contributed by atoms with van der Waals surface area (Å²) in [5.41, 5.74) is 12.8. The molecule has 0 amide bonds. The van der Waals surface area contributed by atoms with Crippen LogP contribution in [0.1, 0.15) is 12.8 Å². The molecule has 1 heterocycles. The predicted octanol–water partition coefficient (Wildman–Crippen LogP) is -0.0722. The lowest BCUT2D eigenvalue weighted by molar-refractivity contribution is 0.761. The van der Waals surface area contributed by atoms with E-state index in [1.807, 2.05) is 37.3 Å². The van der Waals surface area contributed by atoms with E-state index >= 15 is 0 Å². The zero-order chi connectivity index (χ0) is 18.7. The van der Waals surface area contributed by atoms with Crippen molar-refractivity contribution in [2.75, 3.05) is 52.4 Å². The molecule has 0 atom stereocenters. The Kier molecular flexibility index (Phi) is 13.5. The van der Waals surface area contributed by atoms with Gasteiger partial charge in [0.25, 0.3) is 0 Å². The highest BCUT2D eigenvalue weighted by molar-refractivity contribution is 6.04. The minimum atomic E-state index is 0.621. The van der Waals surface area contributed by atoms with Gasteiger partial charge in [0.2, 0.25) is 0 Å². The molecular formula is C18H32N8. The van der Waals surface area contributed by atoms with E-state index in [9.17, 15) is 0 Å². The molecular weight excluding hydrogens is 328 g/mol. The predicted molar refractivity (Wildman–Crippen MR) is 113 cm³/mol. The maximum absolute atomic E-state index is 5.49. The second kappa shape index (κ2) is 16.2. The maximum Gasteiger partial charge on any atom is 0.0585 e. The zero-order valence-electron chi connectivity index (χ0n) is 15.5. The van der Waals surface area contributed by atoms with Gasteiger partial charge in [0.15, 0.2) is 0 Å². The Balaban J connectivity index is 2.61. The number of hydrogen-bond donors (Lipinski definition) is 4. The first kappa shape index (κ1) is 21.7. The van der Waals surface area contributed by atoms with E-state index in [0.717, 1.165) is 43.6 Å². The van der Waals surface area contributed by atoms with E-state index in [1.54, 1.807) is 0 Å². The van der Waals surface area contributed by atoms with Gasteiger partial charge < -0.3 is 22.1 Å². The van der Waals surface area contributed by atoms with Crippen molar-refractivity contribution < 1.29 is 0 Å². The molecule has 8 nitrogen and oxygen atoms in total. The fraction of sp³-hybridized carbons (Fsp3) is 0.556. The fourth-order valence-electron chi connectivity index (χ4n) is 1.91. The number of hydrogen-bond acceptors (Lipinski definition) is 8. The van der Waals surface area contributed by atoms with Gasteiger partial charge in [0, 0.05) is 68.0 Å². The topological polar surface area (TPSA) is 126 Å². The van der Waals surface area contributed by atoms with Gasteiger partial charge in [0.1, 0.15) is 0 Å². The normalized spacial score (nSPS) is 19.9. The van der Waals surface area contributed by atoms with Crippen LogP contribution in [0, 0.1) is 0 Å². The van der Waals surface area contributed by atoms with Crippen molar-refractivity contribution in [3.05, 3.63) is 23.5 Å². The van der Waals surface area contributed by atoms with E-state index in [1.165, 1.54) is 0 Å². The summed E-state index contributed by atoms with van der Waals surface area (Å²) in [4.78, 5) is 17.6. The molecule has 0 saturated heterocycles. The third-order valence-electron chi connectivity index (χ3n) is 3.26. The number of nitrogens with zero attached hydrogens (tertiary/aromatic N) is 4. The summed E-state index contributed by atoms with van der Waals surface area (Å²) >= 11 is 0. The molecule has 0 spiro atoms. The Morgan fingerprint density at radius 2 is 1.77 bits per heavy atom. The Labute approximate surface area is 156 Å². The maximum atomic E-state index is 5.49. The molecule has 0 bridgehead atoms. The number of rotatable bonds is 8. The fourth-order valence-corrected chi connectivity index (χ4v) is 1.91. The minimum absolute atomic E-state index is 0.621. The standard InChI is InChI=1S/C18H32N8/c19-3-1-5-21-11-17-13-23-7-9-25-15-18(12-22-6-2-4-20)16-26-10-8-24-14-17/h11-16,21,25H,1-10,19-20H2/b17-11-,18-15-,22-12?,23-13?,24-14?,26-16?. The van der Waals surface area contributed by atoms with Crippen molar-refractivity contribution in [3.63, 3.8) is 0 Å². The monoisotopic (exact) mass is 360 g/mol. The third kappa shape index (κ3) is 12.1. The largest absolute Gasteiger partial charge is 0.390 e. The van der Waals surface area contributed by atoms with Crippen LogP contribution in [0.3, 0.4) is 0 Å². The highest BCUT2D eigenvalue weighted by Gasteiger charge is 1.92. The quantitative estimate of drug-likeness (QED) is 0.357. The number of nitrogens with two attached hydrogens (primary N) is 2. The molecule has 1 rings (SSSR count). The van der Waals surface area contributed by atoms with Crippen LogP contribution in [0.5, 0.6) is 0 Å². The first-order valence-corrected chi connectivity index (χ1v) is 9.13. The Morgan fingerprint density at radius 3 is 2.54 bits per heavy atom. The molecule has 0 radical (unpaired) electrons. The molecule has 0 aliphatic carbocycles. The lowest BCUT2D eigenvalue weighted by Crippen LogP contribution is -2.14. The second-order valence-corrected chi connectivity index (χ2v) is 5.62. The van der Waals surface area contributed by atoms with Gasteiger partial charge in [-0.1, -0.05) is 0 Å². The van der Waals surface area contributed by atoms with Crippen molar-refractivity contribution >= 4 is 24.9 Å². The number of allylic oxidation sites excluding steroid dienone is 2. The third-order valence-corrected chi connectivity index (χ3v) is 3.26. The van der Waals surface area contributed by atoms with Crippen molar-refractivity contribution in [3.8, 4) is 0 Å². The first-order valence-electron chi connectivity index (χ1n) is 9.13. The average molecular weight is 361 g/mol. The second-order valence-electron chi connectivity index (χ2n) is 5.62. The smallest absolute Gasteiger partial charge is 0.0585 e. The molecule has 1 aliphatic rings.